The molecule has 35 heavy (non-hydrogen) atoms. The van der Waals surface area contributed by atoms with Crippen LogP contribution in [-0.4, -0.2) is 0 Å². The fraction of sp³-hybridized carbons (Fsp3) is 0. The summed E-state index contributed by atoms with van der Waals surface area (Å²) in [6, 6.07) is 17.7. The first-order valence-corrected chi connectivity index (χ1v) is 12.3. The third-order valence-corrected chi connectivity index (χ3v) is 8.41. The third-order valence-electron chi connectivity index (χ3n) is 6.15. The molecule has 0 radical (unpaired) electrons. The summed E-state index contributed by atoms with van der Waals surface area (Å²) in [6.45, 7) is 0. The number of rotatable bonds is 0. The quantitative estimate of drug-likeness (QED) is 0.187. The van der Waals surface area contributed by atoms with Crippen molar-refractivity contribution in [3.05, 3.63) is 96.1 Å². The number of benzene rings is 4. The van der Waals surface area contributed by atoms with Crippen LogP contribution in [0.3, 0.4) is 0 Å². The molecule has 0 N–H and O–H groups in total. The minimum absolute atomic E-state index is 0.400. The van der Waals surface area contributed by atoms with Gasteiger partial charge in [-0.2, -0.15) is 0 Å². The molecule has 0 bridgehead atoms. The van der Waals surface area contributed by atoms with E-state index in [1.54, 1.807) is 24.3 Å². The molecule has 0 amide bonds. The lowest BCUT2D eigenvalue weighted by molar-refractivity contribution is 0.628. The van der Waals surface area contributed by atoms with Crippen LogP contribution in [0.15, 0.2) is 77.2 Å². The molecule has 0 aliphatic rings. The summed E-state index contributed by atoms with van der Waals surface area (Å²) in [6.07, 6.45) is 0. The van der Waals surface area contributed by atoms with Crippen molar-refractivity contribution in [1.82, 2.24) is 0 Å². The van der Waals surface area contributed by atoms with E-state index >= 15 is 0 Å². The van der Waals surface area contributed by atoms with Crippen molar-refractivity contribution < 1.29 is 22.0 Å². The van der Waals surface area contributed by atoms with Crippen molar-refractivity contribution >= 4 is 85.0 Å². The highest BCUT2D eigenvalue weighted by Crippen LogP contribution is 2.45. The van der Waals surface area contributed by atoms with Gasteiger partial charge in [-0.05, 0) is 72.8 Å². The molecule has 7 aromatic rings. The fourth-order valence-corrected chi connectivity index (χ4v) is 6.85. The van der Waals surface area contributed by atoms with E-state index in [-0.39, 0.29) is 0 Å². The van der Waals surface area contributed by atoms with Crippen LogP contribution < -0.4 is 0 Å². The molecule has 0 saturated carbocycles. The van der Waals surface area contributed by atoms with E-state index < -0.39 is 23.3 Å². The van der Waals surface area contributed by atoms with Crippen molar-refractivity contribution in [2.75, 3.05) is 0 Å². The molecule has 170 valence electrons. The molecule has 7 rings (SSSR count). The van der Waals surface area contributed by atoms with E-state index in [2.05, 4.69) is 0 Å². The lowest BCUT2D eigenvalue weighted by atomic mass is 10.0. The highest BCUT2D eigenvalue weighted by molar-refractivity contribution is 7.25. The lowest BCUT2D eigenvalue weighted by Gasteiger charge is -1.97. The van der Waals surface area contributed by atoms with Gasteiger partial charge >= 0.3 is 0 Å². The Bertz CT molecular complexity index is 1920. The first-order valence-electron chi connectivity index (χ1n) is 10.7. The zero-order valence-electron chi connectivity index (χ0n) is 17.7. The van der Waals surface area contributed by atoms with Crippen molar-refractivity contribution in [3.63, 3.8) is 0 Å². The molecule has 0 aliphatic carbocycles. The molecule has 0 unspecified atom stereocenters. The second kappa shape index (κ2) is 7.41. The second-order valence-electron chi connectivity index (χ2n) is 8.28. The maximum atomic E-state index is 14.4. The summed E-state index contributed by atoms with van der Waals surface area (Å²) in [5.74, 6) is -1.68. The molecule has 0 saturated heterocycles. The SMILES string of the molecule is Fc1ccc2c(c1)sc1ccc(F)cc1c1oc3c4cc(F)ccc4sc4cc(F)ccc4c3c21. The summed E-state index contributed by atoms with van der Waals surface area (Å²) in [5, 5.41) is 3.71. The molecule has 0 aliphatic heterocycles. The van der Waals surface area contributed by atoms with E-state index in [9.17, 15) is 17.6 Å². The maximum Gasteiger partial charge on any atom is 0.144 e. The van der Waals surface area contributed by atoms with Crippen molar-refractivity contribution in [3.8, 4) is 0 Å². The Hall–Kier alpha value is -3.68. The normalized spacial score (nSPS) is 12.0. The average Bonchev–Trinajstić information content (AvgIpc) is 3.09. The van der Waals surface area contributed by atoms with E-state index in [1.165, 1.54) is 71.2 Å². The third kappa shape index (κ3) is 3.12. The van der Waals surface area contributed by atoms with Gasteiger partial charge in [0.15, 0.2) is 0 Å². The van der Waals surface area contributed by atoms with Crippen LogP contribution in [0.5, 0.6) is 0 Å². The number of furan rings is 1. The molecule has 4 aromatic carbocycles. The molecule has 3 aromatic heterocycles. The molecule has 0 fully saturated rings. The van der Waals surface area contributed by atoms with Crippen LogP contribution in [0.2, 0.25) is 0 Å². The topological polar surface area (TPSA) is 13.1 Å². The lowest BCUT2D eigenvalue weighted by Crippen LogP contribution is -1.75. The van der Waals surface area contributed by atoms with Crippen LogP contribution in [-0.2, 0) is 0 Å². The van der Waals surface area contributed by atoms with Crippen molar-refractivity contribution in [2.24, 2.45) is 0 Å². The van der Waals surface area contributed by atoms with Crippen LogP contribution in [0.25, 0.3) is 62.3 Å². The Morgan fingerprint density at radius 2 is 0.829 bits per heavy atom. The summed E-state index contributed by atoms with van der Waals surface area (Å²) >= 11 is 2.65. The van der Waals surface area contributed by atoms with Gasteiger partial charge < -0.3 is 4.42 Å². The summed E-state index contributed by atoms with van der Waals surface area (Å²) < 4.78 is 66.7. The summed E-state index contributed by atoms with van der Waals surface area (Å²) in [7, 11) is 0. The second-order valence-corrected chi connectivity index (χ2v) is 10.4. The first-order chi connectivity index (χ1) is 17.0. The maximum absolute atomic E-state index is 14.4. The minimum Gasteiger partial charge on any atom is -0.455 e. The Balaban J connectivity index is 1.93. The smallest absolute Gasteiger partial charge is 0.144 e. The molecular weight excluding hydrogens is 492 g/mol. The highest BCUT2D eigenvalue weighted by Gasteiger charge is 2.19. The van der Waals surface area contributed by atoms with Crippen LogP contribution in [0, 0.1) is 23.3 Å². The Labute approximate surface area is 202 Å². The first kappa shape index (κ1) is 20.7. The van der Waals surface area contributed by atoms with Gasteiger partial charge in [-0.15, -0.1) is 22.7 Å². The number of fused-ring (bicyclic) bond motifs is 11. The van der Waals surface area contributed by atoms with E-state index in [4.69, 9.17) is 4.42 Å². The monoisotopic (exact) mass is 504 g/mol. The van der Waals surface area contributed by atoms with Crippen LogP contribution in [0.1, 0.15) is 0 Å². The van der Waals surface area contributed by atoms with Crippen LogP contribution in [0.4, 0.5) is 17.6 Å². The van der Waals surface area contributed by atoms with E-state index in [0.29, 0.717) is 62.3 Å². The Morgan fingerprint density at radius 3 is 1.29 bits per heavy atom. The summed E-state index contributed by atoms with van der Waals surface area (Å²) in [5.41, 5.74) is 0.805. The van der Waals surface area contributed by atoms with Crippen LogP contribution >= 0.6 is 22.7 Å². The average molecular weight is 505 g/mol. The minimum atomic E-state index is -0.441. The highest BCUT2D eigenvalue weighted by atomic mass is 32.1. The van der Waals surface area contributed by atoms with Gasteiger partial charge in [0.05, 0.1) is 0 Å². The van der Waals surface area contributed by atoms with E-state index in [0.717, 1.165) is 0 Å². The molecule has 3 heterocycles. The van der Waals surface area contributed by atoms with Gasteiger partial charge in [-0.25, -0.2) is 17.6 Å². The number of hydrogen-bond donors (Lipinski definition) is 0. The van der Waals surface area contributed by atoms with Gasteiger partial charge in [-0.3, -0.25) is 0 Å². The predicted octanol–water partition coefficient (Wildman–Crippen LogP) is 10.0. The molecular formula is C28H12F4OS2. The van der Waals surface area contributed by atoms with Gasteiger partial charge in [0, 0.05) is 51.1 Å². The molecule has 0 spiro atoms. The van der Waals surface area contributed by atoms with Gasteiger partial charge in [-0.1, -0.05) is 0 Å². The van der Waals surface area contributed by atoms with Crippen molar-refractivity contribution in [2.45, 2.75) is 0 Å². The Morgan fingerprint density at radius 1 is 0.429 bits per heavy atom. The van der Waals surface area contributed by atoms with Gasteiger partial charge in [0.25, 0.3) is 0 Å². The number of hydrogen-bond acceptors (Lipinski definition) is 3. The molecule has 1 nitrogen and oxygen atoms in total. The zero-order chi connectivity index (χ0) is 23.8. The number of halogens is 4. The predicted molar refractivity (Wildman–Crippen MR) is 137 cm³/mol. The summed E-state index contributed by atoms with van der Waals surface area (Å²) in [4.78, 5) is 0. The largest absolute Gasteiger partial charge is 0.455 e. The molecule has 7 heteroatoms. The zero-order valence-corrected chi connectivity index (χ0v) is 19.3. The molecule has 0 atom stereocenters. The van der Waals surface area contributed by atoms with Gasteiger partial charge in [0.2, 0.25) is 0 Å². The Kier molecular flexibility index (Phi) is 4.38. The standard InChI is InChI=1S/C28H12F4OS2/c29-13-3-7-21-19(9-13)27-25(17-5-1-15(31)11-23(17)34-21)26-18-6-2-16(32)12-24(18)35-22-8-4-14(30)10-20(22)28(26)33-27/h1-12H. The fourth-order valence-electron chi connectivity index (χ4n) is 4.67. The van der Waals surface area contributed by atoms with Crippen molar-refractivity contribution in [1.29, 1.82) is 0 Å². The van der Waals surface area contributed by atoms with Gasteiger partial charge in [0.1, 0.15) is 34.4 Å². The van der Waals surface area contributed by atoms with E-state index in [1.807, 2.05) is 0 Å².